The van der Waals surface area contributed by atoms with E-state index in [0.29, 0.717) is 5.92 Å². The Balaban J connectivity index is 1.98. The molecule has 1 saturated carbocycles. The largest absolute Gasteiger partial charge is 0.320 e. The van der Waals surface area contributed by atoms with Crippen LogP contribution in [-0.2, 0) is 16.6 Å². The topological polar surface area (TPSA) is 76.0 Å². The highest BCUT2D eigenvalue weighted by Crippen LogP contribution is 2.26. The third-order valence-corrected chi connectivity index (χ3v) is 5.35. The summed E-state index contributed by atoms with van der Waals surface area (Å²) in [4.78, 5) is 0.265. The van der Waals surface area contributed by atoms with Crippen molar-refractivity contribution >= 4 is 10.0 Å². The first-order chi connectivity index (χ1) is 9.53. The zero-order chi connectivity index (χ0) is 14.6. The van der Waals surface area contributed by atoms with Crippen molar-refractivity contribution in [3.05, 3.63) is 12.4 Å². The molecule has 1 aliphatic carbocycles. The minimum atomic E-state index is -3.44. The lowest BCUT2D eigenvalue weighted by molar-refractivity contribution is 0.476. The van der Waals surface area contributed by atoms with Gasteiger partial charge in [0.1, 0.15) is 4.90 Å². The van der Waals surface area contributed by atoms with Gasteiger partial charge in [0.05, 0.1) is 6.20 Å². The summed E-state index contributed by atoms with van der Waals surface area (Å²) >= 11 is 0. The van der Waals surface area contributed by atoms with E-state index in [9.17, 15) is 8.42 Å². The molecule has 2 rings (SSSR count). The monoisotopic (exact) mass is 300 g/mol. The van der Waals surface area contributed by atoms with Crippen LogP contribution in [0.15, 0.2) is 17.3 Å². The lowest BCUT2D eigenvalue weighted by Crippen LogP contribution is -2.36. The average Bonchev–Trinajstić information content (AvgIpc) is 3.00. The third-order valence-electron chi connectivity index (χ3n) is 3.90. The summed E-state index contributed by atoms with van der Waals surface area (Å²) in [6.45, 7) is 3.71. The highest BCUT2D eigenvalue weighted by Gasteiger charge is 2.28. The quantitative estimate of drug-likeness (QED) is 0.735. The fraction of sp³-hybridized carbons (Fsp3) is 0.769. The molecular weight excluding hydrogens is 276 g/mol. The molecule has 1 aromatic heterocycles. The highest BCUT2D eigenvalue weighted by atomic mass is 32.2. The fourth-order valence-corrected chi connectivity index (χ4v) is 3.94. The Morgan fingerprint density at radius 2 is 2.25 bits per heavy atom. The Bertz CT molecular complexity index is 526. The van der Waals surface area contributed by atoms with Gasteiger partial charge in [-0.25, -0.2) is 13.1 Å². The fourth-order valence-electron chi connectivity index (χ4n) is 2.61. The summed E-state index contributed by atoms with van der Waals surface area (Å²) < 4.78 is 29.1. The Labute approximate surface area is 121 Å². The van der Waals surface area contributed by atoms with Gasteiger partial charge in [0.15, 0.2) is 0 Å². The SMILES string of the molecule is CNCCCn1cc(S(=O)(=O)NC2CCCC2C)cn1. The molecule has 2 unspecified atom stereocenters. The van der Waals surface area contributed by atoms with Crippen molar-refractivity contribution in [2.24, 2.45) is 5.92 Å². The van der Waals surface area contributed by atoms with Crippen molar-refractivity contribution in [2.75, 3.05) is 13.6 Å². The van der Waals surface area contributed by atoms with Crippen LogP contribution in [0.3, 0.4) is 0 Å². The van der Waals surface area contributed by atoms with E-state index in [4.69, 9.17) is 0 Å². The Kier molecular flexibility index (Phi) is 5.17. The van der Waals surface area contributed by atoms with E-state index in [2.05, 4.69) is 22.1 Å². The highest BCUT2D eigenvalue weighted by molar-refractivity contribution is 7.89. The van der Waals surface area contributed by atoms with Crippen molar-refractivity contribution in [2.45, 2.75) is 50.1 Å². The molecule has 20 heavy (non-hydrogen) atoms. The summed E-state index contributed by atoms with van der Waals surface area (Å²) in [5.41, 5.74) is 0. The van der Waals surface area contributed by atoms with Crippen molar-refractivity contribution in [1.82, 2.24) is 19.8 Å². The molecule has 0 aromatic carbocycles. The van der Waals surface area contributed by atoms with Crippen LogP contribution in [0.25, 0.3) is 0 Å². The van der Waals surface area contributed by atoms with Crippen molar-refractivity contribution in [1.29, 1.82) is 0 Å². The number of aryl methyl sites for hydroxylation is 1. The van der Waals surface area contributed by atoms with Gasteiger partial charge in [-0.05, 0) is 38.8 Å². The molecule has 0 radical (unpaired) electrons. The van der Waals surface area contributed by atoms with E-state index in [1.807, 2.05) is 7.05 Å². The second-order valence-electron chi connectivity index (χ2n) is 5.53. The maximum atomic E-state index is 12.3. The van der Waals surface area contributed by atoms with Gasteiger partial charge in [-0.2, -0.15) is 5.10 Å². The van der Waals surface area contributed by atoms with Gasteiger partial charge in [0.2, 0.25) is 10.0 Å². The van der Waals surface area contributed by atoms with Crippen LogP contribution in [0.5, 0.6) is 0 Å². The molecule has 6 nitrogen and oxygen atoms in total. The maximum absolute atomic E-state index is 12.3. The molecule has 1 aromatic rings. The van der Waals surface area contributed by atoms with Crippen LogP contribution in [0.2, 0.25) is 0 Å². The summed E-state index contributed by atoms with van der Waals surface area (Å²) in [6.07, 6.45) is 7.08. The first-order valence-electron chi connectivity index (χ1n) is 7.22. The Morgan fingerprint density at radius 1 is 1.45 bits per heavy atom. The number of sulfonamides is 1. The standard InChI is InChI=1S/C13H24N4O2S/c1-11-5-3-6-13(11)16-20(18,19)12-9-15-17(10-12)8-4-7-14-2/h9-11,13-14,16H,3-8H2,1-2H3. The first-order valence-corrected chi connectivity index (χ1v) is 8.70. The van der Waals surface area contributed by atoms with Gasteiger partial charge in [0, 0.05) is 18.8 Å². The van der Waals surface area contributed by atoms with Gasteiger partial charge in [-0.15, -0.1) is 0 Å². The summed E-state index contributed by atoms with van der Waals surface area (Å²) in [5, 5.41) is 7.17. The smallest absolute Gasteiger partial charge is 0.243 e. The summed E-state index contributed by atoms with van der Waals surface area (Å²) in [7, 11) is -1.54. The zero-order valence-electron chi connectivity index (χ0n) is 12.2. The summed E-state index contributed by atoms with van der Waals surface area (Å²) in [5.74, 6) is 0.412. The molecule has 114 valence electrons. The molecule has 0 spiro atoms. The molecule has 1 fully saturated rings. The summed E-state index contributed by atoms with van der Waals surface area (Å²) in [6, 6.07) is 0.0626. The molecule has 1 aliphatic rings. The lowest BCUT2D eigenvalue weighted by Gasteiger charge is -2.16. The normalized spacial score (nSPS) is 23.3. The van der Waals surface area contributed by atoms with Gasteiger partial charge < -0.3 is 5.32 Å². The maximum Gasteiger partial charge on any atom is 0.243 e. The molecule has 0 bridgehead atoms. The Hall–Kier alpha value is -0.920. The first kappa shape index (κ1) is 15.5. The van der Waals surface area contributed by atoms with Crippen LogP contribution in [0.1, 0.15) is 32.6 Å². The van der Waals surface area contributed by atoms with Crippen molar-refractivity contribution in [3.8, 4) is 0 Å². The number of nitrogens with zero attached hydrogens (tertiary/aromatic N) is 2. The molecule has 0 saturated heterocycles. The molecule has 1 heterocycles. The molecule has 7 heteroatoms. The predicted octanol–water partition coefficient (Wildman–Crippen LogP) is 0.960. The molecule has 0 amide bonds. The van der Waals surface area contributed by atoms with Gasteiger partial charge in [-0.1, -0.05) is 13.3 Å². The second kappa shape index (κ2) is 6.69. The van der Waals surface area contributed by atoms with Crippen molar-refractivity contribution in [3.63, 3.8) is 0 Å². The minimum Gasteiger partial charge on any atom is -0.320 e. The van der Waals surface area contributed by atoms with Crippen LogP contribution in [-0.4, -0.2) is 37.8 Å². The van der Waals surface area contributed by atoms with E-state index >= 15 is 0 Å². The molecule has 0 aliphatic heterocycles. The van der Waals surface area contributed by atoms with Crippen LogP contribution in [0.4, 0.5) is 0 Å². The molecular formula is C13H24N4O2S. The molecule has 2 N–H and O–H groups in total. The molecule has 2 atom stereocenters. The van der Waals surface area contributed by atoms with Gasteiger partial charge >= 0.3 is 0 Å². The Morgan fingerprint density at radius 3 is 2.90 bits per heavy atom. The number of rotatable bonds is 7. The third kappa shape index (κ3) is 3.80. The average molecular weight is 300 g/mol. The van der Waals surface area contributed by atoms with E-state index in [0.717, 1.165) is 38.8 Å². The van der Waals surface area contributed by atoms with Gasteiger partial charge in [0.25, 0.3) is 0 Å². The van der Waals surface area contributed by atoms with E-state index in [1.54, 1.807) is 10.9 Å². The van der Waals surface area contributed by atoms with E-state index in [-0.39, 0.29) is 10.9 Å². The number of hydrogen-bond acceptors (Lipinski definition) is 4. The van der Waals surface area contributed by atoms with Crippen LogP contribution in [0, 0.1) is 5.92 Å². The lowest BCUT2D eigenvalue weighted by atomic mass is 10.1. The van der Waals surface area contributed by atoms with Crippen molar-refractivity contribution < 1.29 is 8.42 Å². The van der Waals surface area contributed by atoms with Crippen LogP contribution < -0.4 is 10.0 Å². The van der Waals surface area contributed by atoms with E-state index < -0.39 is 10.0 Å². The number of nitrogens with one attached hydrogen (secondary N) is 2. The minimum absolute atomic E-state index is 0.0626. The second-order valence-corrected chi connectivity index (χ2v) is 7.25. The van der Waals surface area contributed by atoms with Crippen LogP contribution >= 0.6 is 0 Å². The van der Waals surface area contributed by atoms with E-state index in [1.165, 1.54) is 6.20 Å². The number of aromatic nitrogens is 2. The van der Waals surface area contributed by atoms with Gasteiger partial charge in [-0.3, -0.25) is 4.68 Å². The zero-order valence-corrected chi connectivity index (χ0v) is 13.0. The number of hydrogen-bond donors (Lipinski definition) is 2. The predicted molar refractivity (Wildman–Crippen MR) is 77.9 cm³/mol.